The van der Waals surface area contributed by atoms with Crippen LogP contribution in [-0.2, 0) is 4.74 Å². The number of ether oxygens (including phenoxy) is 1. The van der Waals surface area contributed by atoms with Gasteiger partial charge in [0.15, 0.2) is 0 Å². The van der Waals surface area contributed by atoms with Crippen LogP contribution in [0.4, 0.5) is 5.95 Å². The van der Waals surface area contributed by atoms with Crippen LogP contribution in [0, 0.1) is 0 Å². The van der Waals surface area contributed by atoms with Gasteiger partial charge in [-0.15, -0.1) is 5.10 Å². The van der Waals surface area contributed by atoms with E-state index < -0.39 is 5.97 Å². The van der Waals surface area contributed by atoms with Crippen LogP contribution in [0.25, 0.3) is 5.70 Å². The molecule has 2 aromatic carbocycles. The fraction of sp³-hybridized carbons (Fsp3) is 0.105. The van der Waals surface area contributed by atoms with Crippen LogP contribution in [-0.4, -0.2) is 27.8 Å². The lowest BCUT2D eigenvalue weighted by Gasteiger charge is -2.24. The number of carbonyl (C=O) groups excluding carboxylic acids is 1. The standard InChI is InChI=1S/C19H14Cl2N4O2/c1-27-18(26)17-23-19-22-15(11-2-6-13(20)7-3-11)10-16(25(19)24-17)12-4-8-14(21)9-5-12/h2-10,16H,1H3,(H,22,23,24)/t16-/m1/s1. The van der Waals surface area contributed by atoms with Crippen LogP contribution in [0.15, 0.2) is 54.6 Å². The number of benzene rings is 2. The summed E-state index contributed by atoms with van der Waals surface area (Å²) in [6.45, 7) is 0. The number of rotatable bonds is 3. The van der Waals surface area contributed by atoms with E-state index >= 15 is 0 Å². The fourth-order valence-electron chi connectivity index (χ4n) is 2.87. The van der Waals surface area contributed by atoms with Crippen LogP contribution >= 0.6 is 23.2 Å². The minimum Gasteiger partial charge on any atom is -0.463 e. The van der Waals surface area contributed by atoms with Crippen LogP contribution in [0.1, 0.15) is 27.8 Å². The second kappa shape index (κ2) is 7.06. The number of nitrogens with one attached hydrogen (secondary N) is 1. The zero-order chi connectivity index (χ0) is 19.0. The number of hydrogen-bond donors (Lipinski definition) is 1. The topological polar surface area (TPSA) is 69.0 Å². The third-order valence-electron chi connectivity index (χ3n) is 4.20. The van der Waals surface area contributed by atoms with Gasteiger partial charge in [0.25, 0.3) is 5.82 Å². The van der Waals surface area contributed by atoms with Gasteiger partial charge in [-0.2, -0.15) is 4.98 Å². The minimum absolute atomic E-state index is 0.00952. The lowest BCUT2D eigenvalue weighted by atomic mass is 10.0. The molecule has 0 saturated heterocycles. The SMILES string of the molecule is COC(=O)c1nc2n(n1)[C@@H](c1ccc(Cl)cc1)C=C(c1ccc(Cl)cc1)N2. The van der Waals surface area contributed by atoms with E-state index in [9.17, 15) is 4.79 Å². The highest BCUT2D eigenvalue weighted by atomic mass is 35.5. The smallest absolute Gasteiger partial charge is 0.378 e. The average Bonchev–Trinajstić information content (AvgIpc) is 3.12. The summed E-state index contributed by atoms with van der Waals surface area (Å²) in [5.74, 6) is -0.158. The fourth-order valence-corrected chi connectivity index (χ4v) is 3.12. The van der Waals surface area contributed by atoms with E-state index in [0.29, 0.717) is 16.0 Å². The maximum atomic E-state index is 11.9. The molecule has 6 nitrogen and oxygen atoms in total. The Morgan fingerprint density at radius 1 is 1.07 bits per heavy atom. The molecule has 0 fully saturated rings. The summed E-state index contributed by atoms with van der Waals surface area (Å²) in [6.07, 6.45) is 2.01. The molecule has 0 bridgehead atoms. The normalized spacial score (nSPS) is 15.5. The number of nitrogens with zero attached hydrogens (tertiary/aromatic N) is 3. The van der Waals surface area contributed by atoms with Gasteiger partial charge in [-0.05, 0) is 41.5 Å². The van der Waals surface area contributed by atoms with Crippen molar-refractivity contribution in [3.8, 4) is 0 Å². The van der Waals surface area contributed by atoms with E-state index in [-0.39, 0.29) is 11.9 Å². The first-order valence-electron chi connectivity index (χ1n) is 8.10. The summed E-state index contributed by atoms with van der Waals surface area (Å²) < 4.78 is 6.39. The lowest BCUT2D eigenvalue weighted by molar-refractivity contribution is 0.0586. The van der Waals surface area contributed by atoms with Gasteiger partial charge in [0.1, 0.15) is 6.04 Å². The lowest BCUT2D eigenvalue weighted by Crippen LogP contribution is -2.20. The molecule has 1 aliphatic rings. The Bertz CT molecular complexity index is 1030. The molecule has 1 aliphatic heterocycles. The molecule has 8 heteroatoms. The molecular weight excluding hydrogens is 387 g/mol. The molecule has 0 amide bonds. The van der Waals surface area contributed by atoms with Crippen molar-refractivity contribution in [1.82, 2.24) is 14.8 Å². The summed E-state index contributed by atoms with van der Waals surface area (Å²) in [6, 6.07) is 14.6. The Balaban J connectivity index is 1.82. The first-order chi connectivity index (χ1) is 13.0. The van der Waals surface area contributed by atoms with Crippen molar-refractivity contribution < 1.29 is 9.53 Å². The second-order valence-electron chi connectivity index (χ2n) is 5.90. The molecule has 2 heterocycles. The molecule has 0 unspecified atom stereocenters. The van der Waals surface area contributed by atoms with Crippen molar-refractivity contribution >= 4 is 40.8 Å². The molecule has 0 aliphatic carbocycles. The quantitative estimate of drug-likeness (QED) is 0.658. The van der Waals surface area contributed by atoms with Crippen molar-refractivity contribution in [2.45, 2.75) is 6.04 Å². The highest BCUT2D eigenvalue weighted by Gasteiger charge is 2.27. The Morgan fingerprint density at radius 2 is 1.70 bits per heavy atom. The minimum atomic E-state index is -0.596. The maximum absolute atomic E-state index is 11.9. The third kappa shape index (κ3) is 3.41. The molecule has 1 atom stereocenters. The number of anilines is 1. The zero-order valence-corrected chi connectivity index (χ0v) is 15.7. The number of aromatic nitrogens is 3. The first kappa shape index (κ1) is 17.6. The van der Waals surface area contributed by atoms with Gasteiger partial charge >= 0.3 is 5.97 Å². The van der Waals surface area contributed by atoms with Crippen LogP contribution in [0.2, 0.25) is 10.0 Å². The van der Waals surface area contributed by atoms with E-state index in [1.165, 1.54) is 7.11 Å². The molecule has 27 heavy (non-hydrogen) atoms. The summed E-state index contributed by atoms with van der Waals surface area (Å²) >= 11 is 12.0. The van der Waals surface area contributed by atoms with Crippen molar-refractivity contribution in [3.63, 3.8) is 0 Å². The molecule has 0 radical (unpaired) electrons. The van der Waals surface area contributed by atoms with E-state index in [1.807, 2.05) is 54.6 Å². The summed E-state index contributed by atoms with van der Waals surface area (Å²) in [7, 11) is 1.30. The maximum Gasteiger partial charge on any atom is 0.378 e. The number of carbonyl (C=O) groups is 1. The van der Waals surface area contributed by atoms with Gasteiger partial charge in [0, 0.05) is 15.7 Å². The van der Waals surface area contributed by atoms with E-state index in [1.54, 1.807) is 4.68 Å². The van der Waals surface area contributed by atoms with E-state index in [2.05, 4.69) is 15.4 Å². The second-order valence-corrected chi connectivity index (χ2v) is 6.78. The molecule has 4 rings (SSSR count). The Morgan fingerprint density at radius 3 is 2.33 bits per heavy atom. The summed E-state index contributed by atoms with van der Waals surface area (Å²) in [5.41, 5.74) is 2.73. The number of fused-ring (bicyclic) bond motifs is 1. The van der Waals surface area contributed by atoms with Gasteiger partial charge in [0.05, 0.1) is 7.11 Å². The van der Waals surface area contributed by atoms with Gasteiger partial charge in [-0.3, -0.25) is 0 Å². The molecule has 1 aromatic heterocycles. The first-order valence-corrected chi connectivity index (χ1v) is 8.86. The van der Waals surface area contributed by atoms with E-state index in [4.69, 9.17) is 27.9 Å². The van der Waals surface area contributed by atoms with Gasteiger partial charge in [-0.25, -0.2) is 9.48 Å². The van der Waals surface area contributed by atoms with Gasteiger partial charge < -0.3 is 10.1 Å². The Hall–Kier alpha value is -2.83. The Kier molecular flexibility index (Phi) is 4.59. The van der Waals surface area contributed by atoms with E-state index in [0.717, 1.165) is 16.8 Å². The van der Waals surface area contributed by atoms with Crippen LogP contribution in [0.5, 0.6) is 0 Å². The molecule has 0 spiro atoms. The number of esters is 1. The third-order valence-corrected chi connectivity index (χ3v) is 4.70. The highest BCUT2D eigenvalue weighted by Crippen LogP contribution is 2.33. The number of halogens is 2. The summed E-state index contributed by atoms with van der Waals surface area (Å²) in [4.78, 5) is 16.2. The molecular formula is C19H14Cl2N4O2. The predicted octanol–water partition coefficient (Wildman–Crippen LogP) is 4.43. The average molecular weight is 401 g/mol. The van der Waals surface area contributed by atoms with Gasteiger partial charge in [-0.1, -0.05) is 47.5 Å². The summed E-state index contributed by atoms with van der Waals surface area (Å²) in [5, 5.41) is 8.83. The van der Waals surface area contributed by atoms with Gasteiger partial charge in [0.2, 0.25) is 5.95 Å². The Labute approximate surface area is 165 Å². The van der Waals surface area contributed by atoms with Crippen LogP contribution in [0.3, 0.4) is 0 Å². The predicted molar refractivity (Wildman–Crippen MR) is 104 cm³/mol. The highest BCUT2D eigenvalue weighted by molar-refractivity contribution is 6.30. The number of hydrogen-bond acceptors (Lipinski definition) is 5. The van der Waals surface area contributed by atoms with Crippen molar-refractivity contribution in [3.05, 3.63) is 81.6 Å². The number of methoxy groups -OCH3 is 1. The molecule has 1 N–H and O–H groups in total. The molecule has 0 saturated carbocycles. The largest absolute Gasteiger partial charge is 0.463 e. The molecule has 136 valence electrons. The van der Waals surface area contributed by atoms with Crippen molar-refractivity contribution in [2.24, 2.45) is 0 Å². The zero-order valence-electron chi connectivity index (χ0n) is 14.2. The molecule has 3 aromatic rings. The monoisotopic (exact) mass is 400 g/mol. The van der Waals surface area contributed by atoms with Crippen molar-refractivity contribution in [2.75, 3.05) is 12.4 Å². The van der Waals surface area contributed by atoms with Crippen LogP contribution < -0.4 is 5.32 Å². The van der Waals surface area contributed by atoms with Crippen molar-refractivity contribution in [1.29, 1.82) is 0 Å². The number of allylic oxidation sites excluding steroid dienone is 1.